The van der Waals surface area contributed by atoms with E-state index in [1.807, 2.05) is 0 Å². The molecule has 1 aliphatic rings. The van der Waals surface area contributed by atoms with Gasteiger partial charge in [0.05, 0.1) is 25.9 Å². The number of carbonyl (C=O) groups is 11. The Hall–Kier alpha value is -8.55. The number of aliphatic hydroxyl groups is 1. The summed E-state index contributed by atoms with van der Waals surface area (Å²) in [6.07, 6.45) is -9.82. The Morgan fingerprint density at radius 2 is 0.842 bits per heavy atom. The van der Waals surface area contributed by atoms with Gasteiger partial charge in [-0.25, -0.2) is 0 Å². The molecule has 408 valence electrons. The Morgan fingerprint density at radius 1 is 0.461 bits per heavy atom. The highest BCUT2D eigenvalue weighted by molar-refractivity contribution is 5.79. The highest BCUT2D eigenvalue weighted by atomic mass is 16.7. The summed E-state index contributed by atoms with van der Waals surface area (Å²) in [6.45, 7) is 6.84. The Kier molecular flexibility index (Phi) is 22.7. The molecule has 76 heavy (non-hydrogen) atoms. The quantitative estimate of drug-likeness (QED) is 0.0617. The van der Waals surface area contributed by atoms with Crippen LogP contribution in [0.25, 0.3) is 0 Å². The van der Waals surface area contributed by atoms with Crippen molar-refractivity contribution in [3.05, 3.63) is 82.9 Å². The Bertz CT molecular complexity index is 2720. The zero-order chi connectivity index (χ0) is 56.2. The summed E-state index contributed by atoms with van der Waals surface area (Å²) >= 11 is 0. The van der Waals surface area contributed by atoms with Crippen LogP contribution in [0, 0.1) is 0 Å². The van der Waals surface area contributed by atoms with Crippen molar-refractivity contribution in [1.29, 1.82) is 0 Å². The lowest BCUT2D eigenvalue weighted by atomic mass is 9.98. The van der Waals surface area contributed by atoms with E-state index in [1.165, 1.54) is 60.7 Å². The van der Waals surface area contributed by atoms with E-state index in [0.717, 1.165) is 55.4 Å². The standard InChI is InChI=1S/C51H54O25/c1-26(52)64-16-15-37(23-65-27(2)53)24-67-51-48(63)50(76-47(62)22-36-11-14-40(70-30(5)56)43(19-36)73-33(8)59)49(75-46(61)21-35-10-13-39(69-29(4)55)42(18-35)72-32(7)58)44(74-51)25-66-45(60)20-34-9-12-38(68-28(3)54)41(17-34)71-31(6)57/h9-15,17-19,44,48-51,63H,16,20-25H2,1-8H3/b37-15-/t44-,48-,49-,50+,51-/m1/s1. The number of aliphatic hydroxyl groups excluding tert-OH is 1. The SMILES string of the molecule is CC(=O)OC/C=C(/COC(C)=O)CO[C@@H]1O[C@H](COC(=O)Cc2ccc(OC(C)=O)c(OC(C)=O)c2)[C@@H](OC(=O)Cc2ccc(OC(C)=O)c(OC(C)=O)c2)[C@@H](OC(=O)Cc2ccc(OC(C)=O)c(OC(C)=O)c2)[C@H]1O. The largest absolute Gasteiger partial charge is 0.463 e. The number of hydrogen-bond acceptors (Lipinski definition) is 25. The summed E-state index contributed by atoms with van der Waals surface area (Å²) in [7, 11) is 0. The molecule has 0 aromatic heterocycles. The minimum absolute atomic E-state index is 0.122. The molecule has 25 heteroatoms. The second-order valence-electron chi connectivity index (χ2n) is 16.3. The molecule has 0 saturated carbocycles. The van der Waals surface area contributed by atoms with Crippen LogP contribution in [0.3, 0.4) is 0 Å². The van der Waals surface area contributed by atoms with Gasteiger partial charge in [0.25, 0.3) is 0 Å². The number of benzene rings is 3. The number of ether oxygens (including phenoxy) is 13. The van der Waals surface area contributed by atoms with Crippen molar-refractivity contribution in [2.45, 2.75) is 105 Å². The molecule has 0 spiro atoms. The summed E-state index contributed by atoms with van der Waals surface area (Å²) in [5.74, 6) is -10.3. The lowest BCUT2D eigenvalue weighted by Crippen LogP contribution is -2.62. The third kappa shape index (κ3) is 20.4. The third-order valence-corrected chi connectivity index (χ3v) is 9.70. The van der Waals surface area contributed by atoms with Gasteiger partial charge in [0.2, 0.25) is 0 Å². The maximum atomic E-state index is 14.0. The van der Waals surface area contributed by atoms with Crippen LogP contribution in [0.15, 0.2) is 66.2 Å². The molecule has 0 unspecified atom stereocenters. The summed E-state index contributed by atoms with van der Waals surface area (Å²) < 4.78 is 70.3. The summed E-state index contributed by atoms with van der Waals surface area (Å²) in [4.78, 5) is 136. The Morgan fingerprint density at radius 3 is 1.24 bits per heavy atom. The molecule has 5 atom stereocenters. The van der Waals surface area contributed by atoms with Gasteiger partial charge >= 0.3 is 65.7 Å². The van der Waals surface area contributed by atoms with Crippen molar-refractivity contribution in [2.24, 2.45) is 0 Å². The van der Waals surface area contributed by atoms with Crippen molar-refractivity contribution < 1.29 is 119 Å². The lowest BCUT2D eigenvalue weighted by Gasteiger charge is -2.43. The molecular weight excluding hydrogens is 1010 g/mol. The fraction of sp³-hybridized carbons (Fsp3) is 0.392. The van der Waals surface area contributed by atoms with Crippen molar-refractivity contribution in [3.8, 4) is 34.5 Å². The highest BCUT2D eigenvalue weighted by Gasteiger charge is 2.51. The molecule has 1 N–H and O–H groups in total. The van der Waals surface area contributed by atoms with E-state index in [1.54, 1.807) is 0 Å². The maximum absolute atomic E-state index is 14.0. The first-order valence-electron chi connectivity index (χ1n) is 22.8. The first-order valence-corrected chi connectivity index (χ1v) is 22.8. The van der Waals surface area contributed by atoms with Gasteiger partial charge < -0.3 is 66.7 Å². The number of esters is 11. The molecule has 0 amide bonds. The highest BCUT2D eigenvalue weighted by Crippen LogP contribution is 2.34. The molecule has 4 rings (SSSR count). The number of rotatable bonds is 23. The molecule has 1 heterocycles. The van der Waals surface area contributed by atoms with Crippen molar-refractivity contribution >= 4 is 65.7 Å². The van der Waals surface area contributed by atoms with Crippen molar-refractivity contribution in [2.75, 3.05) is 26.4 Å². The van der Waals surface area contributed by atoms with Crippen LogP contribution in [-0.2, 0) is 105 Å². The van der Waals surface area contributed by atoms with E-state index >= 15 is 0 Å². The molecule has 25 nitrogen and oxygen atoms in total. The molecule has 0 aliphatic carbocycles. The number of carbonyl (C=O) groups excluding carboxylic acids is 11. The molecule has 3 aromatic carbocycles. The van der Waals surface area contributed by atoms with Crippen molar-refractivity contribution in [3.63, 3.8) is 0 Å². The van der Waals surface area contributed by atoms with Crippen molar-refractivity contribution in [1.82, 2.24) is 0 Å². The van der Waals surface area contributed by atoms with Gasteiger partial charge in [-0.15, -0.1) is 0 Å². The normalized spacial score (nSPS) is 16.9. The predicted octanol–water partition coefficient (Wildman–Crippen LogP) is 2.79. The third-order valence-electron chi connectivity index (χ3n) is 9.70. The molecular formula is C51H54O25. The second kappa shape index (κ2) is 28.8. The number of hydrogen-bond donors (Lipinski definition) is 1. The second-order valence-corrected chi connectivity index (χ2v) is 16.3. The minimum atomic E-state index is -2.06. The molecule has 3 aromatic rings. The van der Waals surface area contributed by atoms with Gasteiger partial charge in [-0.05, 0) is 64.7 Å². The van der Waals surface area contributed by atoms with E-state index in [4.69, 9.17) is 61.6 Å². The monoisotopic (exact) mass is 1070 g/mol. The van der Waals surface area contributed by atoms with Crippen LogP contribution in [0.4, 0.5) is 0 Å². The Labute approximate surface area is 433 Å². The zero-order valence-corrected chi connectivity index (χ0v) is 42.4. The van der Waals surface area contributed by atoms with Crippen LogP contribution in [0.1, 0.15) is 72.1 Å². The molecule has 0 radical (unpaired) electrons. The molecule has 1 aliphatic heterocycles. The summed E-state index contributed by atoms with van der Waals surface area (Å²) in [5.41, 5.74) is 0.622. The van der Waals surface area contributed by atoms with Gasteiger partial charge in [-0.1, -0.05) is 18.2 Å². The van der Waals surface area contributed by atoms with Gasteiger partial charge in [0.1, 0.15) is 32.0 Å². The van der Waals surface area contributed by atoms with Crippen LogP contribution in [0.5, 0.6) is 34.5 Å². The zero-order valence-electron chi connectivity index (χ0n) is 42.4. The molecule has 0 bridgehead atoms. The van der Waals surface area contributed by atoms with Crippen LogP contribution >= 0.6 is 0 Å². The van der Waals surface area contributed by atoms with E-state index in [9.17, 15) is 57.8 Å². The van der Waals surface area contributed by atoms with E-state index in [2.05, 4.69) is 0 Å². The van der Waals surface area contributed by atoms with E-state index < -0.39 is 135 Å². The topological polar surface area (TPSA) is 328 Å². The first kappa shape index (κ1) is 60.0. The van der Waals surface area contributed by atoms with Gasteiger partial charge in [-0.2, -0.15) is 0 Å². The fourth-order valence-electron chi connectivity index (χ4n) is 6.78. The van der Waals surface area contributed by atoms with Crippen LogP contribution in [-0.4, -0.2) is 128 Å². The summed E-state index contributed by atoms with van der Waals surface area (Å²) in [5, 5.41) is 12.0. The average Bonchev–Trinajstić information content (AvgIpc) is 3.30. The first-order chi connectivity index (χ1) is 35.8. The van der Waals surface area contributed by atoms with Crippen LogP contribution < -0.4 is 28.4 Å². The maximum Gasteiger partial charge on any atom is 0.310 e. The van der Waals surface area contributed by atoms with Gasteiger partial charge in [0, 0.05) is 55.4 Å². The lowest BCUT2D eigenvalue weighted by molar-refractivity contribution is -0.304. The minimum Gasteiger partial charge on any atom is -0.463 e. The molecule has 1 saturated heterocycles. The van der Waals surface area contributed by atoms with E-state index in [-0.39, 0.29) is 63.4 Å². The smallest absolute Gasteiger partial charge is 0.310 e. The average molecular weight is 1070 g/mol. The summed E-state index contributed by atoms with van der Waals surface area (Å²) in [6, 6.07) is 11.4. The fourth-order valence-corrected chi connectivity index (χ4v) is 6.78. The van der Waals surface area contributed by atoms with E-state index in [0.29, 0.717) is 0 Å². The van der Waals surface area contributed by atoms with Crippen LogP contribution in [0.2, 0.25) is 0 Å². The molecule has 1 fully saturated rings. The van der Waals surface area contributed by atoms with Gasteiger partial charge in [0.15, 0.2) is 53.0 Å². The predicted molar refractivity (Wildman–Crippen MR) is 251 cm³/mol. The van der Waals surface area contributed by atoms with Gasteiger partial charge in [-0.3, -0.25) is 52.7 Å². The Balaban J connectivity index is 1.77.